The van der Waals surface area contributed by atoms with Gasteiger partial charge in [0, 0.05) is 0 Å². The summed E-state index contributed by atoms with van der Waals surface area (Å²) in [6, 6.07) is 5.42. The Kier molecular flexibility index (Phi) is 2.93. The molecule has 3 nitrogen and oxygen atoms in total. The van der Waals surface area contributed by atoms with Gasteiger partial charge in [-0.15, -0.1) is 11.3 Å². The van der Waals surface area contributed by atoms with Crippen molar-refractivity contribution in [2.24, 2.45) is 0 Å². The number of rotatable bonds is 2. The fraction of sp³-hybridized carbons (Fsp3) is 0.200. The number of carbonyl (C=O) groups excluding carboxylic acids is 1. The summed E-state index contributed by atoms with van der Waals surface area (Å²) >= 11 is 3.23. The van der Waals surface area contributed by atoms with E-state index in [1.807, 2.05) is 12.3 Å². The van der Waals surface area contributed by atoms with Crippen molar-refractivity contribution in [3.63, 3.8) is 0 Å². The highest BCUT2D eigenvalue weighted by Gasteiger charge is 2.08. The molecule has 0 spiro atoms. The molecule has 0 saturated carbocycles. The first kappa shape index (κ1) is 10.4. The lowest BCUT2D eigenvalue weighted by molar-refractivity contribution is 0.0601. The number of benzene rings is 1. The molecular formula is C10H9NO2S2. The maximum Gasteiger partial charge on any atom is 0.337 e. The van der Waals surface area contributed by atoms with Crippen molar-refractivity contribution >= 4 is 39.3 Å². The Balaban J connectivity index is 2.50. The van der Waals surface area contributed by atoms with Crippen LogP contribution in [0.15, 0.2) is 22.5 Å². The fourth-order valence-electron chi connectivity index (χ4n) is 1.24. The number of thiazole rings is 1. The van der Waals surface area contributed by atoms with Crippen molar-refractivity contribution in [3.8, 4) is 0 Å². The predicted octanol–water partition coefficient (Wildman–Crippen LogP) is 2.80. The van der Waals surface area contributed by atoms with Crippen LogP contribution in [0.5, 0.6) is 0 Å². The lowest BCUT2D eigenvalue weighted by atomic mass is 10.2. The van der Waals surface area contributed by atoms with Gasteiger partial charge in [-0.1, -0.05) is 11.8 Å². The second-order valence-electron chi connectivity index (χ2n) is 2.86. The van der Waals surface area contributed by atoms with Crippen molar-refractivity contribution in [1.82, 2.24) is 4.98 Å². The van der Waals surface area contributed by atoms with Gasteiger partial charge in [-0.3, -0.25) is 0 Å². The average Bonchev–Trinajstić information content (AvgIpc) is 2.69. The largest absolute Gasteiger partial charge is 0.465 e. The van der Waals surface area contributed by atoms with Crippen molar-refractivity contribution in [2.45, 2.75) is 4.34 Å². The van der Waals surface area contributed by atoms with Gasteiger partial charge in [-0.2, -0.15) is 0 Å². The maximum atomic E-state index is 11.3. The predicted molar refractivity (Wildman–Crippen MR) is 62.7 cm³/mol. The van der Waals surface area contributed by atoms with E-state index in [1.165, 1.54) is 7.11 Å². The van der Waals surface area contributed by atoms with Gasteiger partial charge in [0.05, 0.1) is 22.9 Å². The second-order valence-corrected chi connectivity index (χ2v) is 4.94. The van der Waals surface area contributed by atoms with E-state index < -0.39 is 0 Å². The molecule has 0 radical (unpaired) electrons. The molecular weight excluding hydrogens is 230 g/mol. The highest BCUT2D eigenvalue weighted by Crippen LogP contribution is 2.28. The number of esters is 1. The normalized spacial score (nSPS) is 10.5. The summed E-state index contributed by atoms with van der Waals surface area (Å²) in [6.45, 7) is 0. The first-order chi connectivity index (χ1) is 7.24. The quantitative estimate of drug-likeness (QED) is 0.596. The van der Waals surface area contributed by atoms with Gasteiger partial charge >= 0.3 is 5.97 Å². The van der Waals surface area contributed by atoms with Crippen molar-refractivity contribution in [3.05, 3.63) is 23.8 Å². The third-order valence-corrected chi connectivity index (χ3v) is 3.99. The maximum absolute atomic E-state index is 11.3. The third kappa shape index (κ3) is 1.98. The highest BCUT2D eigenvalue weighted by atomic mass is 32.2. The summed E-state index contributed by atoms with van der Waals surface area (Å²) < 4.78 is 6.75. The molecule has 0 bridgehead atoms. The average molecular weight is 239 g/mol. The lowest BCUT2D eigenvalue weighted by Crippen LogP contribution is -2.00. The molecule has 0 unspecified atom stereocenters. The Hall–Kier alpha value is -1.07. The molecule has 1 aromatic heterocycles. The minimum atomic E-state index is -0.324. The zero-order valence-electron chi connectivity index (χ0n) is 8.31. The van der Waals surface area contributed by atoms with Crippen LogP contribution in [0, 0.1) is 0 Å². The van der Waals surface area contributed by atoms with Crippen LogP contribution in [0.3, 0.4) is 0 Å². The van der Waals surface area contributed by atoms with Gasteiger partial charge < -0.3 is 4.74 Å². The van der Waals surface area contributed by atoms with E-state index in [1.54, 1.807) is 35.2 Å². The number of carbonyl (C=O) groups is 1. The molecule has 0 aliphatic heterocycles. The third-order valence-electron chi connectivity index (χ3n) is 1.96. The number of nitrogens with zero attached hydrogens (tertiary/aromatic N) is 1. The standard InChI is InChI=1S/C10H9NO2S2/c1-13-9(12)6-3-4-8-7(5-6)11-10(14-2)15-8/h3-5H,1-2H3. The summed E-state index contributed by atoms with van der Waals surface area (Å²) in [7, 11) is 1.38. The molecule has 0 fully saturated rings. The van der Waals surface area contributed by atoms with Crippen molar-refractivity contribution < 1.29 is 9.53 Å². The summed E-state index contributed by atoms with van der Waals surface area (Å²) in [4.78, 5) is 15.7. The number of methoxy groups -OCH3 is 1. The minimum Gasteiger partial charge on any atom is -0.465 e. The van der Waals surface area contributed by atoms with Gasteiger partial charge in [0.25, 0.3) is 0 Å². The Morgan fingerprint density at radius 2 is 2.33 bits per heavy atom. The zero-order valence-corrected chi connectivity index (χ0v) is 9.95. The van der Waals surface area contributed by atoms with Crippen molar-refractivity contribution in [1.29, 1.82) is 0 Å². The molecule has 0 saturated heterocycles. The van der Waals surface area contributed by atoms with Crippen LogP contribution in [0.1, 0.15) is 10.4 Å². The summed E-state index contributed by atoms with van der Waals surface area (Å²) in [5.41, 5.74) is 1.40. The van der Waals surface area contributed by atoms with E-state index in [2.05, 4.69) is 9.72 Å². The molecule has 78 valence electrons. The van der Waals surface area contributed by atoms with Crippen LogP contribution in [0.2, 0.25) is 0 Å². The lowest BCUT2D eigenvalue weighted by Gasteiger charge is -1.97. The SMILES string of the molecule is COC(=O)c1ccc2sc(SC)nc2c1. The molecule has 2 aromatic rings. The Bertz CT molecular complexity index is 507. The van der Waals surface area contributed by atoms with Gasteiger partial charge in [-0.05, 0) is 24.5 Å². The first-order valence-electron chi connectivity index (χ1n) is 4.27. The minimum absolute atomic E-state index is 0.324. The molecule has 0 amide bonds. The number of aromatic nitrogens is 1. The summed E-state index contributed by atoms with van der Waals surface area (Å²) in [5.74, 6) is -0.324. The summed E-state index contributed by atoms with van der Waals surface area (Å²) in [6.07, 6.45) is 1.99. The van der Waals surface area contributed by atoms with E-state index in [-0.39, 0.29) is 5.97 Å². The molecule has 1 heterocycles. The number of thioether (sulfide) groups is 1. The number of hydrogen-bond donors (Lipinski definition) is 0. The van der Waals surface area contributed by atoms with Crippen LogP contribution in [-0.2, 0) is 4.74 Å². The molecule has 0 aliphatic carbocycles. The number of ether oxygens (including phenoxy) is 1. The number of fused-ring (bicyclic) bond motifs is 1. The van der Waals surface area contributed by atoms with Crippen molar-refractivity contribution in [2.75, 3.05) is 13.4 Å². The Morgan fingerprint density at radius 1 is 1.53 bits per heavy atom. The Labute approximate surface area is 95.5 Å². The van der Waals surface area contributed by atoms with Gasteiger partial charge in [0.15, 0.2) is 4.34 Å². The second kappa shape index (κ2) is 4.20. The highest BCUT2D eigenvalue weighted by molar-refractivity contribution is 8.00. The molecule has 15 heavy (non-hydrogen) atoms. The molecule has 1 aromatic carbocycles. The molecule has 2 rings (SSSR count). The van der Waals surface area contributed by atoms with E-state index >= 15 is 0 Å². The van der Waals surface area contributed by atoms with E-state index in [0.29, 0.717) is 5.56 Å². The first-order valence-corrected chi connectivity index (χ1v) is 6.31. The van der Waals surface area contributed by atoms with Crippen LogP contribution in [0.4, 0.5) is 0 Å². The van der Waals surface area contributed by atoms with E-state index in [4.69, 9.17) is 0 Å². The topological polar surface area (TPSA) is 39.2 Å². The summed E-state index contributed by atoms with van der Waals surface area (Å²) in [5, 5.41) is 0. The van der Waals surface area contributed by atoms with E-state index in [9.17, 15) is 4.79 Å². The van der Waals surface area contributed by atoms with Crippen LogP contribution in [-0.4, -0.2) is 24.3 Å². The number of hydrogen-bond acceptors (Lipinski definition) is 5. The smallest absolute Gasteiger partial charge is 0.337 e. The molecule has 0 N–H and O–H groups in total. The van der Waals surface area contributed by atoms with Gasteiger partial charge in [0.2, 0.25) is 0 Å². The van der Waals surface area contributed by atoms with Crippen LogP contribution < -0.4 is 0 Å². The molecule has 5 heteroatoms. The van der Waals surface area contributed by atoms with Crippen LogP contribution >= 0.6 is 23.1 Å². The Morgan fingerprint density at radius 3 is 3.00 bits per heavy atom. The molecule has 0 aliphatic rings. The van der Waals surface area contributed by atoms with Gasteiger partial charge in [-0.25, -0.2) is 9.78 Å². The molecule has 0 atom stereocenters. The van der Waals surface area contributed by atoms with Gasteiger partial charge in [0.1, 0.15) is 0 Å². The van der Waals surface area contributed by atoms with Crippen LogP contribution in [0.25, 0.3) is 10.2 Å². The fourth-order valence-corrected chi connectivity index (χ4v) is 2.71. The van der Waals surface area contributed by atoms with E-state index in [0.717, 1.165) is 14.6 Å². The monoisotopic (exact) mass is 239 g/mol. The zero-order chi connectivity index (χ0) is 10.8.